The highest BCUT2D eigenvalue weighted by molar-refractivity contribution is 7.14. The van der Waals surface area contributed by atoms with Crippen LogP contribution >= 0.6 is 11.3 Å². The van der Waals surface area contributed by atoms with Gasteiger partial charge in [-0.15, -0.1) is 0 Å². The number of rotatable bonds is 5. The summed E-state index contributed by atoms with van der Waals surface area (Å²) in [5.74, 6) is 0.434. The van der Waals surface area contributed by atoms with Crippen LogP contribution in [0.15, 0.2) is 18.5 Å². The van der Waals surface area contributed by atoms with Crippen molar-refractivity contribution in [3.63, 3.8) is 0 Å². The highest BCUT2D eigenvalue weighted by Crippen LogP contribution is 2.41. The van der Waals surface area contributed by atoms with Crippen molar-refractivity contribution in [3.05, 3.63) is 33.5 Å². The molecule has 0 aliphatic rings. The molecule has 2 aromatic heterocycles. The summed E-state index contributed by atoms with van der Waals surface area (Å²) in [4.78, 5) is 10.9. The van der Waals surface area contributed by atoms with E-state index in [1.165, 1.54) is 12.3 Å². The monoisotopic (exact) mass is 283 g/mol. The topological polar surface area (TPSA) is 90.4 Å². The molecule has 19 heavy (non-hydrogen) atoms. The minimum atomic E-state index is -0.764. The molecule has 0 unspecified atom stereocenters. The first-order chi connectivity index (χ1) is 9.01. The van der Waals surface area contributed by atoms with Crippen LogP contribution in [-0.4, -0.2) is 19.8 Å². The maximum atomic E-state index is 10.9. The molecule has 0 spiro atoms. The van der Waals surface area contributed by atoms with Crippen molar-refractivity contribution in [1.29, 1.82) is 0 Å². The van der Waals surface area contributed by atoms with Gasteiger partial charge in [-0.25, -0.2) is 0 Å². The summed E-state index contributed by atoms with van der Waals surface area (Å²) in [6.07, 6.45) is 2.39. The van der Waals surface area contributed by atoms with Crippen LogP contribution in [0.25, 0.3) is 0 Å². The fourth-order valence-corrected chi connectivity index (χ4v) is 2.40. The molecule has 0 bridgehead atoms. The van der Waals surface area contributed by atoms with Gasteiger partial charge in [0, 0.05) is 17.5 Å². The van der Waals surface area contributed by atoms with Crippen LogP contribution < -0.4 is 4.74 Å². The molecule has 0 fully saturated rings. The van der Waals surface area contributed by atoms with Gasteiger partial charge >= 0.3 is 5.69 Å². The van der Waals surface area contributed by atoms with E-state index < -0.39 is 11.0 Å². The molecule has 1 atom stereocenters. The number of aryl methyl sites for hydroxylation is 1. The lowest BCUT2D eigenvalue weighted by Gasteiger charge is -1.98. The van der Waals surface area contributed by atoms with Gasteiger partial charge in [-0.05, 0) is 13.8 Å². The van der Waals surface area contributed by atoms with E-state index in [4.69, 9.17) is 4.74 Å². The van der Waals surface area contributed by atoms with Crippen molar-refractivity contribution in [2.24, 2.45) is 0 Å². The first-order valence-corrected chi connectivity index (χ1v) is 6.49. The quantitative estimate of drug-likeness (QED) is 0.673. The molecular formula is C11H13N3O4S. The maximum Gasteiger partial charge on any atom is 0.323 e. The Labute approximate surface area is 113 Å². The highest BCUT2D eigenvalue weighted by atomic mass is 32.1. The van der Waals surface area contributed by atoms with E-state index in [1.807, 2.05) is 6.92 Å². The Bertz CT molecular complexity index is 591. The lowest BCUT2D eigenvalue weighted by molar-refractivity contribution is -0.385. The number of aromatic nitrogens is 2. The number of thiophene rings is 1. The van der Waals surface area contributed by atoms with Gasteiger partial charge in [0.2, 0.25) is 0 Å². The van der Waals surface area contributed by atoms with Crippen LogP contribution in [0.5, 0.6) is 10.8 Å². The zero-order chi connectivity index (χ0) is 14.0. The van der Waals surface area contributed by atoms with Gasteiger partial charge in [-0.1, -0.05) is 11.3 Å². The van der Waals surface area contributed by atoms with E-state index in [9.17, 15) is 15.2 Å². The molecule has 8 heteroatoms. The minimum absolute atomic E-state index is 0.148. The fourth-order valence-electron chi connectivity index (χ4n) is 1.47. The number of aliphatic hydroxyl groups excluding tert-OH is 1. The third-order valence-corrected chi connectivity index (χ3v) is 3.62. The molecule has 0 saturated heterocycles. The molecule has 2 heterocycles. The van der Waals surface area contributed by atoms with Gasteiger partial charge < -0.3 is 9.84 Å². The standard InChI is InChI=1S/C11H13N3O4S/c1-3-13-6-8(5-12-13)18-11-9(14(16)17)4-10(19-11)7(2)15/h4-7,15H,3H2,1-2H3/t7-/m0/s1. The summed E-state index contributed by atoms with van der Waals surface area (Å²) in [7, 11) is 0. The molecule has 1 N–H and O–H groups in total. The van der Waals surface area contributed by atoms with Crippen LogP contribution in [0.4, 0.5) is 5.69 Å². The summed E-state index contributed by atoms with van der Waals surface area (Å²) < 4.78 is 7.12. The van der Waals surface area contributed by atoms with Crippen LogP contribution in [0.3, 0.4) is 0 Å². The van der Waals surface area contributed by atoms with Crippen molar-refractivity contribution < 1.29 is 14.8 Å². The Morgan fingerprint density at radius 1 is 1.68 bits per heavy atom. The smallest absolute Gasteiger partial charge is 0.323 e. The molecule has 0 saturated carbocycles. The van der Waals surface area contributed by atoms with Gasteiger partial charge in [-0.3, -0.25) is 14.8 Å². The third kappa shape index (κ3) is 2.91. The largest absolute Gasteiger partial charge is 0.437 e. The molecule has 0 aliphatic heterocycles. The van der Waals surface area contributed by atoms with Crippen molar-refractivity contribution >= 4 is 17.0 Å². The number of nitro groups is 1. The lowest BCUT2D eigenvalue weighted by atomic mass is 10.3. The van der Waals surface area contributed by atoms with Crippen LogP contribution in [-0.2, 0) is 6.54 Å². The normalized spacial score (nSPS) is 12.4. The van der Waals surface area contributed by atoms with E-state index in [0.29, 0.717) is 17.2 Å². The Kier molecular flexibility index (Phi) is 3.82. The summed E-state index contributed by atoms with van der Waals surface area (Å²) in [6, 6.07) is 1.33. The zero-order valence-electron chi connectivity index (χ0n) is 10.4. The predicted octanol–water partition coefficient (Wildman–Crippen LogP) is 2.72. The van der Waals surface area contributed by atoms with Gasteiger partial charge in [0.25, 0.3) is 5.06 Å². The number of hydrogen-bond donors (Lipinski definition) is 1. The van der Waals surface area contributed by atoms with Crippen LogP contribution in [0.1, 0.15) is 24.8 Å². The van der Waals surface area contributed by atoms with Gasteiger partial charge in [-0.2, -0.15) is 5.10 Å². The summed E-state index contributed by atoms with van der Waals surface area (Å²) in [5.41, 5.74) is -0.148. The highest BCUT2D eigenvalue weighted by Gasteiger charge is 2.23. The number of hydrogen-bond acceptors (Lipinski definition) is 6. The lowest BCUT2D eigenvalue weighted by Crippen LogP contribution is -1.92. The molecule has 0 amide bonds. The summed E-state index contributed by atoms with van der Waals surface area (Å²) >= 11 is 1.06. The summed E-state index contributed by atoms with van der Waals surface area (Å²) in [5, 5.41) is 24.6. The summed E-state index contributed by atoms with van der Waals surface area (Å²) in [6.45, 7) is 4.17. The maximum absolute atomic E-state index is 10.9. The van der Waals surface area contributed by atoms with Crippen LogP contribution in [0, 0.1) is 10.1 Å². The number of nitrogens with zero attached hydrogens (tertiary/aromatic N) is 3. The molecule has 0 aliphatic carbocycles. The van der Waals surface area contributed by atoms with E-state index in [-0.39, 0.29) is 10.8 Å². The number of ether oxygens (including phenoxy) is 1. The Morgan fingerprint density at radius 3 is 2.95 bits per heavy atom. The van der Waals surface area contributed by atoms with Gasteiger partial charge in [0.1, 0.15) is 0 Å². The Morgan fingerprint density at radius 2 is 2.42 bits per heavy atom. The molecule has 2 aromatic rings. The zero-order valence-corrected chi connectivity index (χ0v) is 11.3. The Hall–Kier alpha value is -1.93. The average molecular weight is 283 g/mol. The third-order valence-electron chi connectivity index (χ3n) is 2.45. The molecular weight excluding hydrogens is 270 g/mol. The first kappa shape index (κ1) is 13.5. The van der Waals surface area contributed by atoms with Crippen molar-refractivity contribution in [2.45, 2.75) is 26.5 Å². The van der Waals surface area contributed by atoms with E-state index >= 15 is 0 Å². The Balaban J connectivity index is 2.30. The molecule has 0 aromatic carbocycles. The minimum Gasteiger partial charge on any atom is -0.437 e. The molecule has 0 radical (unpaired) electrons. The fraction of sp³-hybridized carbons (Fsp3) is 0.364. The van der Waals surface area contributed by atoms with Crippen molar-refractivity contribution in [2.75, 3.05) is 0 Å². The van der Waals surface area contributed by atoms with E-state index in [2.05, 4.69) is 5.10 Å². The molecule has 7 nitrogen and oxygen atoms in total. The van der Waals surface area contributed by atoms with E-state index in [0.717, 1.165) is 11.3 Å². The second kappa shape index (κ2) is 5.37. The molecule has 2 rings (SSSR count). The second-order valence-electron chi connectivity index (χ2n) is 3.89. The van der Waals surface area contributed by atoms with Gasteiger partial charge in [0.15, 0.2) is 5.75 Å². The number of aliphatic hydroxyl groups is 1. The SMILES string of the molecule is CCn1cc(Oc2sc([C@H](C)O)cc2[N+](=O)[O-])cn1. The molecule has 102 valence electrons. The first-order valence-electron chi connectivity index (χ1n) is 5.67. The van der Waals surface area contributed by atoms with E-state index in [1.54, 1.807) is 17.8 Å². The predicted molar refractivity (Wildman–Crippen MR) is 69.6 cm³/mol. The van der Waals surface area contributed by atoms with Crippen molar-refractivity contribution in [1.82, 2.24) is 9.78 Å². The van der Waals surface area contributed by atoms with Gasteiger partial charge in [0.05, 0.1) is 23.4 Å². The van der Waals surface area contributed by atoms with Crippen molar-refractivity contribution in [3.8, 4) is 10.8 Å². The average Bonchev–Trinajstić information content (AvgIpc) is 2.96. The second-order valence-corrected chi connectivity index (χ2v) is 4.93. The van der Waals surface area contributed by atoms with Crippen LogP contribution in [0.2, 0.25) is 0 Å².